The maximum Gasteiger partial charge on any atom is 0.243 e. The number of anilines is 2. The Kier molecular flexibility index (Phi) is 6.95. The molecule has 0 spiro atoms. The molecule has 27 heavy (non-hydrogen) atoms. The second kappa shape index (κ2) is 9.18. The Bertz CT molecular complexity index is 879. The zero-order valence-electron chi connectivity index (χ0n) is 15.3. The highest BCUT2D eigenvalue weighted by Gasteiger charge is 2.16. The van der Waals surface area contributed by atoms with Crippen LogP contribution in [0.5, 0.6) is 0 Å². The smallest absolute Gasteiger partial charge is 0.243 e. The molecular formula is C19H23N3O4S. The summed E-state index contributed by atoms with van der Waals surface area (Å²) < 4.78 is 24.3. The third-order valence-corrected chi connectivity index (χ3v) is 5.55. The Balaban J connectivity index is 1.77. The lowest BCUT2D eigenvalue weighted by molar-refractivity contribution is -0.123. The van der Waals surface area contributed by atoms with Crippen LogP contribution in [0, 0.1) is 0 Å². The van der Waals surface area contributed by atoms with Crippen molar-refractivity contribution in [2.45, 2.75) is 11.3 Å². The Morgan fingerprint density at radius 3 is 2.15 bits per heavy atom. The molecule has 0 aromatic heterocycles. The van der Waals surface area contributed by atoms with Crippen molar-refractivity contribution < 1.29 is 18.0 Å². The van der Waals surface area contributed by atoms with E-state index in [1.807, 2.05) is 31.1 Å². The molecule has 2 aromatic rings. The lowest BCUT2D eigenvalue weighted by atomic mass is 10.2. The largest absolute Gasteiger partial charge is 0.378 e. The van der Waals surface area contributed by atoms with Gasteiger partial charge in [-0.05, 0) is 36.4 Å². The van der Waals surface area contributed by atoms with E-state index < -0.39 is 15.7 Å². The van der Waals surface area contributed by atoms with Gasteiger partial charge in [-0.25, -0.2) is 8.42 Å². The minimum absolute atomic E-state index is 0.178. The van der Waals surface area contributed by atoms with Gasteiger partial charge in [-0.2, -0.15) is 0 Å². The monoisotopic (exact) mass is 389 g/mol. The molecule has 0 unspecified atom stereocenters. The molecule has 0 aliphatic heterocycles. The van der Waals surface area contributed by atoms with Crippen LogP contribution in [0.25, 0.3) is 0 Å². The molecule has 2 N–H and O–H groups in total. The maximum absolute atomic E-state index is 12.1. The fourth-order valence-corrected chi connectivity index (χ4v) is 3.55. The number of hydrogen-bond donors (Lipinski definition) is 2. The van der Waals surface area contributed by atoms with Crippen molar-refractivity contribution in [2.75, 3.05) is 36.6 Å². The summed E-state index contributed by atoms with van der Waals surface area (Å²) in [5.74, 6) is -1.18. The van der Waals surface area contributed by atoms with E-state index in [-0.39, 0.29) is 29.5 Å². The van der Waals surface area contributed by atoms with E-state index in [9.17, 15) is 18.0 Å². The summed E-state index contributed by atoms with van der Waals surface area (Å²) in [7, 11) is 0.317. The molecule has 0 saturated heterocycles. The first-order valence-corrected chi connectivity index (χ1v) is 10.0. The molecule has 8 heteroatoms. The third-order valence-electron chi connectivity index (χ3n) is 3.81. The molecule has 0 aliphatic rings. The molecule has 0 heterocycles. The number of sulfone groups is 1. The lowest BCUT2D eigenvalue weighted by Crippen LogP contribution is -2.33. The molecule has 0 aliphatic carbocycles. The fraction of sp³-hybridized carbons (Fsp3) is 0.263. The van der Waals surface area contributed by atoms with Crippen LogP contribution in [0.3, 0.4) is 0 Å². The number of nitrogens with zero attached hydrogens (tertiary/aromatic N) is 1. The molecule has 2 amide bonds. The van der Waals surface area contributed by atoms with Crippen molar-refractivity contribution in [2.24, 2.45) is 0 Å². The number of benzene rings is 2. The topological polar surface area (TPSA) is 95.6 Å². The maximum atomic E-state index is 12.1. The molecule has 0 atom stereocenters. The molecular weight excluding hydrogens is 366 g/mol. The van der Waals surface area contributed by atoms with E-state index in [4.69, 9.17) is 0 Å². The van der Waals surface area contributed by atoms with Gasteiger partial charge in [-0.3, -0.25) is 9.59 Å². The van der Waals surface area contributed by atoms with Crippen molar-refractivity contribution in [3.63, 3.8) is 0 Å². The zero-order valence-corrected chi connectivity index (χ0v) is 16.1. The van der Waals surface area contributed by atoms with Gasteiger partial charge in [0, 0.05) is 31.9 Å². The Morgan fingerprint density at radius 1 is 0.926 bits per heavy atom. The first kappa shape index (κ1) is 20.4. The molecule has 7 nitrogen and oxygen atoms in total. The average Bonchev–Trinajstić information content (AvgIpc) is 2.66. The quantitative estimate of drug-likeness (QED) is 0.716. The van der Waals surface area contributed by atoms with Gasteiger partial charge in [0.25, 0.3) is 0 Å². The standard InChI is InChI=1S/C19H23N3O4S/c1-22(2)16-10-8-15(9-11-16)21-19(24)14-20-18(23)12-13-27(25,26)17-6-4-3-5-7-17/h3-11H,12-14H2,1-2H3,(H,20,23)(H,21,24). The molecule has 0 saturated carbocycles. The van der Waals surface area contributed by atoms with E-state index in [1.54, 1.807) is 30.3 Å². The number of amides is 2. The van der Waals surface area contributed by atoms with Crippen molar-refractivity contribution in [1.29, 1.82) is 0 Å². The highest BCUT2D eigenvalue weighted by molar-refractivity contribution is 7.91. The SMILES string of the molecule is CN(C)c1ccc(NC(=O)CNC(=O)CCS(=O)(=O)c2ccccc2)cc1. The molecule has 144 valence electrons. The van der Waals surface area contributed by atoms with Crippen LogP contribution >= 0.6 is 0 Å². The van der Waals surface area contributed by atoms with E-state index >= 15 is 0 Å². The zero-order chi connectivity index (χ0) is 19.9. The minimum atomic E-state index is -3.52. The molecule has 0 fully saturated rings. The van der Waals surface area contributed by atoms with Crippen LogP contribution in [-0.2, 0) is 19.4 Å². The first-order valence-electron chi connectivity index (χ1n) is 8.40. The van der Waals surface area contributed by atoms with Gasteiger partial charge in [-0.1, -0.05) is 18.2 Å². The number of rotatable bonds is 8. The number of nitrogens with one attached hydrogen (secondary N) is 2. The number of carbonyl (C=O) groups excluding carboxylic acids is 2. The van der Waals surface area contributed by atoms with Gasteiger partial charge in [0.05, 0.1) is 17.2 Å². The van der Waals surface area contributed by atoms with Crippen LogP contribution in [-0.4, -0.2) is 46.6 Å². The van der Waals surface area contributed by atoms with Gasteiger partial charge in [-0.15, -0.1) is 0 Å². The van der Waals surface area contributed by atoms with Gasteiger partial charge >= 0.3 is 0 Å². The van der Waals surface area contributed by atoms with E-state index in [0.717, 1.165) is 5.69 Å². The summed E-state index contributed by atoms with van der Waals surface area (Å²) in [6, 6.07) is 15.2. The summed E-state index contributed by atoms with van der Waals surface area (Å²) in [6.07, 6.45) is -0.206. The van der Waals surface area contributed by atoms with E-state index in [0.29, 0.717) is 5.69 Å². The third kappa shape index (κ3) is 6.41. The van der Waals surface area contributed by atoms with Crippen molar-refractivity contribution >= 4 is 33.0 Å². The molecule has 2 rings (SSSR count). The van der Waals surface area contributed by atoms with Crippen molar-refractivity contribution in [3.05, 3.63) is 54.6 Å². The average molecular weight is 389 g/mol. The van der Waals surface area contributed by atoms with Gasteiger partial charge in [0.1, 0.15) is 0 Å². The van der Waals surface area contributed by atoms with Crippen LogP contribution < -0.4 is 15.5 Å². The Hall–Kier alpha value is -2.87. The van der Waals surface area contributed by atoms with Crippen LogP contribution in [0.2, 0.25) is 0 Å². The summed E-state index contributed by atoms with van der Waals surface area (Å²) in [6.45, 7) is -0.223. The lowest BCUT2D eigenvalue weighted by Gasteiger charge is -2.13. The van der Waals surface area contributed by atoms with E-state index in [1.165, 1.54) is 12.1 Å². The molecule has 0 bridgehead atoms. The predicted octanol–water partition coefficient (Wildman–Crippen LogP) is 1.67. The second-order valence-corrected chi connectivity index (χ2v) is 8.26. The summed E-state index contributed by atoms with van der Waals surface area (Å²) in [5, 5.41) is 5.10. The normalized spacial score (nSPS) is 10.9. The highest BCUT2D eigenvalue weighted by Crippen LogP contribution is 2.15. The van der Waals surface area contributed by atoms with Crippen LogP contribution in [0.15, 0.2) is 59.5 Å². The van der Waals surface area contributed by atoms with E-state index in [2.05, 4.69) is 10.6 Å². The van der Waals surface area contributed by atoms with Gasteiger partial charge in [0.15, 0.2) is 9.84 Å². The minimum Gasteiger partial charge on any atom is -0.378 e. The summed E-state index contributed by atoms with van der Waals surface area (Å²) >= 11 is 0. The number of hydrogen-bond acceptors (Lipinski definition) is 5. The number of carbonyl (C=O) groups is 2. The molecule has 0 radical (unpaired) electrons. The van der Waals surface area contributed by atoms with Gasteiger partial charge in [0.2, 0.25) is 11.8 Å². The summed E-state index contributed by atoms with van der Waals surface area (Å²) in [4.78, 5) is 25.9. The summed E-state index contributed by atoms with van der Waals surface area (Å²) in [5.41, 5.74) is 1.62. The van der Waals surface area contributed by atoms with Crippen LogP contribution in [0.4, 0.5) is 11.4 Å². The first-order chi connectivity index (χ1) is 12.8. The second-order valence-electron chi connectivity index (χ2n) is 6.15. The van der Waals surface area contributed by atoms with Gasteiger partial charge < -0.3 is 15.5 Å². The van der Waals surface area contributed by atoms with Crippen molar-refractivity contribution in [1.82, 2.24) is 5.32 Å². The Labute approximate surface area is 159 Å². The molecule has 2 aromatic carbocycles. The van der Waals surface area contributed by atoms with Crippen molar-refractivity contribution in [3.8, 4) is 0 Å². The Morgan fingerprint density at radius 2 is 1.56 bits per heavy atom. The highest BCUT2D eigenvalue weighted by atomic mass is 32.2. The van der Waals surface area contributed by atoms with Crippen LogP contribution in [0.1, 0.15) is 6.42 Å². The fourth-order valence-electron chi connectivity index (χ4n) is 2.29. The predicted molar refractivity (Wildman–Crippen MR) is 106 cm³/mol.